The van der Waals surface area contributed by atoms with E-state index in [1.807, 2.05) is 48.8 Å². The van der Waals surface area contributed by atoms with Gasteiger partial charge in [0.2, 0.25) is 0 Å². The molecule has 0 bridgehead atoms. The summed E-state index contributed by atoms with van der Waals surface area (Å²) in [5.74, 6) is 0. The monoisotopic (exact) mass is 588 g/mol. The highest BCUT2D eigenvalue weighted by atomic mass is 15.1. The summed E-state index contributed by atoms with van der Waals surface area (Å²) < 4.78 is 4.13. The summed E-state index contributed by atoms with van der Waals surface area (Å²) in [7, 11) is 0. The second-order valence-electron chi connectivity index (χ2n) is 11.6. The largest absolute Gasteiger partial charge is 0.284 e. The van der Waals surface area contributed by atoms with Crippen molar-refractivity contribution in [3.05, 3.63) is 146 Å². The maximum absolute atomic E-state index is 5.21. The summed E-state index contributed by atoms with van der Waals surface area (Å²) in [6.45, 7) is 0. The van der Waals surface area contributed by atoms with Crippen LogP contribution in [0.2, 0.25) is 0 Å². The zero-order chi connectivity index (χ0) is 30.2. The first-order valence-electron chi connectivity index (χ1n) is 15.3. The number of aromatic nitrogens is 6. The maximum Gasteiger partial charge on any atom is 0.165 e. The average Bonchev–Trinajstić information content (AvgIpc) is 3.70. The average molecular weight is 589 g/mol. The van der Waals surface area contributed by atoms with Gasteiger partial charge in [-0.2, -0.15) is 0 Å². The molecule has 6 aromatic heterocycles. The number of benzene rings is 4. The molecule has 0 atom stereocenters. The van der Waals surface area contributed by atoms with E-state index in [0.717, 1.165) is 88.8 Å². The first-order valence-corrected chi connectivity index (χ1v) is 15.3. The van der Waals surface area contributed by atoms with Crippen molar-refractivity contribution in [3.63, 3.8) is 0 Å². The molecular weight excluding hydrogens is 564 g/mol. The number of hydrogen-bond acceptors (Lipinski definition) is 4. The molecule has 0 fully saturated rings. The Labute approximate surface area is 262 Å². The second-order valence-corrected chi connectivity index (χ2v) is 11.6. The summed E-state index contributed by atoms with van der Waals surface area (Å²) in [4.78, 5) is 20.2. The highest BCUT2D eigenvalue weighted by molar-refractivity contribution is 6.10. The summed E-state index contributed by atoms with van der Waals surface area (Å²) in [5, 5.41) is 4.38. The van der Waals surface area contributed by atoms with Gasteiger partial charge in [-0.05, 0) is 41.5 Å². The van der Waals surface area contributed by atoms with Crippen LogP contribution < -0.4 is 0 Å². The van der Waals surface area contributed by atoms with Crippen molar-refractivity contribution in [1.29, 1.82) is 0 Å². The van der Waals surface area contributed by atoms with Gasteiger partial charge in [-0.3, -0.25) is 8.80 Å². The van der Waals surface area contributed by atoms with Gasteiger partial charge in [-0.25, -0.2) is 19.9 Å². The molecule has 6 nitrogen and oxygen atoms in total. The van der Waals surface area contributed by atoms with E-state index in [2.05, 4.69) is 106 Å². The molecule has 0 amide bonds. The van der Waals surface area contributed by atoms with E-state index >= 15 is 0 Å². The molecule has 0 N–H and O–H groups in total. The van der Waals surface area contributed by atoms with Crippen LogP contribution in [-0.4, -0.2) is 28.7 Å². The van der Waals surface area contributed by atoms with E-state index < -0.39 is 0 Å². The fourth-order valence-electron chi connectivity index (χ4n) is 6.77. The number of imidazole rings is 2. The predicted molar refractivity (Wildman–Crippen MR) is 186 cm³/mol. The Balaban J connectivity index is 1.10. The van der Waals surface area contributed by atoms with Crippen LogP contribution in [0.3, 0.4) is 0 Å². The van der Waals surface area contributed by atoms with Crippen molar-refractivity contribution in [2.24, 2.45) is 0 Å². The van der Waals surface area contributed by atoms with Crippen molar-refractivity contribution in [1.82, 2.24) is 28.7 Å². The minimum Gasteiger partial charge on any atom is -0.284 e. The SMILES string of the molecule is c1cc(-c2ccc(-c3nc4c(nc5ccccn54)c4ccccc34)cc2)cc(-c2nc3c(nc4ccccn43)c3ccccc23)c1. The molecule has 0 saturated heterocycles. The normalized spacial score (nSPS) is 11.9. The van der Waals surface area contributed by atoms with Gasteiger partial charge in [-0.15, -0.1) is 0 Å². The summed E-state index contributed by atoms with van der Waals surface area (Å²) in [6, 6.07) is 46.3. The number of fused-ring (bicyclic) bond motifs is 10. The fourth-order valence-corrected chi connectivity index (χ4v) is 6.77. The molecule has 46 heavy (non-hydrogen) atoms. The van der Waals surface area contributed by atoms with Gasteiger partial charge in [0.25, 0.3) is 0 Å². The maximum atomic E-state index is 5.21. The van der Waals surface area contributed by atoms with Gasteiger partial charge in [0, 0.05) is 45.1 Å². The highest BCUT2D eigenvalue weighted by Crippen LogP contribution is 2.36. The number of pyridine rings is 4. The number of rotatable bonds is 3. The van der Waals surface area contributed by atoms with Crippen LogP contribution in [0.5, 0.6) is 0 Å². The molecule has 6 heterocycles. The van der Waals surface area contributed by atoms with Gasteiger partial charge >= 0.3 is 0 Å². The Bertz CT molecular complexity index is 2810. The zero-order valence-electron chi connectivity index (χ0n) is 24.5. The summed E-state index contributed by atoms with van der Waals surface area (Å²) >= 11 is 0. The van der Waals surface area contributed by atoms with Gasteiger partial charge in [0.05, 0.1) is 11.4 Å². The van der Waals surface area contributed by atoms with Gasteiger partial charge in [0.15, 0.2) is 11.3 Å². The molecule has 10 aromatic rings. The smallest absolute Gasteiger partial charge is 0.165 e. The predicted octanol–water partition coefficient (Wildman–Crippen LogP) is 9.39. The molecule has 0 spiro atoms. The molecule has 0 aliphatic heterocycles. The minimum absolute atomic E-state index is 0.863. The van der Waals surface area contributed by atoms with Crippen LogP contribution in [0.4, 0.5) is 0 Å². The third-order valence-corrected chi connectivity index (χ3v) is 8.95. The molecule has 0 radical (unpaired) electrons. The van der Waals surface area contributed by atoms with E-state index in [1.165, 1.54) is 0 Å². The Morgan fingerprint density at radius 3 is 1.41 bits per heavy atom. The van der Waals surface area contributed by atoms with Crippen molar-refractivity contribution in [2.45, 2.75) is 0 Å². The topological polar surface area (TPSA) is 60.4 Å². The Hall–Kier alpha value is -6.40. The van der Waals surface area contributed by atoms with E-state index in [4.69, 9.17) is 19.9 Å². The first kappa shape index (κ1) is 25.0. The molecule has 0 aliphatic carbocycles. The molecule has 0 unspecified atom stereocenters. The van der Waals surface area contributed by atoms with E-state index in [9.17, 15) is 0 Å². The standard InChI is InChI=1S/C40H24N6/c1-3-14-31-29(12-1)35(43-39-37(31)41-33-16-5-7-22-45(33)39)26-20-18-25(19-21-26)27-10-9-11-28(24-27)36-30-13-2-4-15-32(30)38-40(44-36)46-23-8-6-17-34(46)42-38/h1-24H. The van der Waals surface area contributed by atoms with Gasteiger partial charge in [0.1, 0.15) is 22.3 Å². The lowest BCUT2D eigenvalue weighted by molar-refractivity contribution is 1.19. The molecule has 214 valence electrons. The van der Waals surface area contributed by atoms with Crippen LogP contribution in [0.15, 0.2) is 146 Å². The van der Waals surface area contributed by atoms with Crippen LogP contribution in [0.1, 0.15) is 0 Å². The second kappa shape index (κ2) is 9.55. The molecule has 4 aromatic carbocycles. The summed E-state index contributed by atoms with van der Waals surface area (Å²) in [5.41, 5.74) is 11.6. The van der Waals surface area contributed by atoms with Gasteiger partial charge < -0.3 is 0 Å². The Morgan fingerprint density at radius 1 is 0.348 bits per heavy atom. The molecule has 0 saturated carbocycles. The molecule has 6 heteroatoms. The number of nitrogens with zero attached hydrogens (tertiary/aromatic N) is 6. The molecule has 10 rings (SSSR count). The lowest BCUT2D eigenvalue weighted by atomic mass is 9.97. The van der Waals surface area contributed by atoms with Gasteiger partial charge in [-0.1, -0.05) is 103 Å². The fraction of sp³-hybridized carbons (Fsp3) is 0. The van der Waals surface area contributed by atoms with Crippen molar-refractivity contribution in [3.8, 4) is 33.6 Å². The Kier molecular flexibility index (Phi) is 5.19. The van der Waals surface area contributed by atoms with E-state index in [-0.39, 0.29) is 0 Å². The zero-order valence-corrected chi connectivity index (χ0v) is 24.5. The van der Waals surface area contributed by atoms with Crippen LogP contribution in [0, 0.1) is 0 Å². The minimum atomic E-state index is 0.863. The number of hydrogen-bond donors (Lipinski definition) is 0. The Morgan fingerprint density at radius 2 is 0.826 bits per heavy atom. The highest BCUT2D eigenvalue weighted by Gasteiger charge is 2.17. The third kappa shape index (κ3) is 3.64. The first-order chi connectivity index (χ1) is 22.8. The van der Waals surface area contributed by atoms with E-state index in [0.29, 0.717) is 0 Å². The molecule has 0 aliphatic rings. The molecular formula is C40H24N6. The van der Waals surface area contributed by atoms with Crippen LogP contribution in [-0.2, 0) is 0 Å². The van der Waals surface area contributed by atoms with Crippen molar-refractivity contribution < 1.29 is 0 Å². The van der Waals surface area contributed by atoms with E-state index in [1.54, 1.807) is 0 Å². The quantitative estimate of drug-likeness (QED) is 0.206. The van der Waals surface area contributed by atoms with Crippen LogP contribution >= 0.6 is 0 Å². The van der Waals surface area contributed by atoms with Crippen molar-refractivity contribution in [2.75, 3.05) is 0 Å². The lowest BCUT2D eigenvalue weighted by Gasteiger charge is -2.11. The lowest BCUT2D eigenvalue weighted by Crippen LogP contribution is -1.92. The summed E-state index contributed by atoms with van der Waals surface area (Å²) in [6.07, 6.45) is 4.05. The van der Waals surface area contributed by atoms with Crippen molar-refractivity contribution >= 4 is 55.2 Å². The third-order valence-electron chi connectivity index (χ3n) is 8.95. The van der Waals surface area contributed by atoms with Crippen LogP contribution in [0.25, 0.3) is 88.8 Å².